The smallest absolute Gasteiger partial charge is 0.173 e. The quantitative estimate of drug-likeness (QED) is 0.783. The molecule has 0 bridgehead atoms. The van der Waals surface area contributed by atoms with Crippen LogP contribution in [-0.4, -0.2) is 10.3 Å². The van der Waals surface area contributed by atoms with E-state index in [1.54, 1.807) is 0 Å². The Labute approximate surface area is 117 Å². The summed E-state index contributed by atoms with van der Waals surface area (Å²) in [5.74, 6) is 0.634. The molecule has 1 aromatic heterocycles. The summed E-state index contributed by atoms with van der Waals surface area (Å²) in [4.78, 5) is 0. The Bertz CT molecular complexity index is 717. The van der Waals surface area contributed by atoms with Crippen LogP contribution < -0.4 is 0 Å². The van der Waals surface area contributed by atoms with Gasteiger partial charge in [0.05, 0.1) is 12.2 Å². The number of aliphatic hydroxyl groups excluding tert-OH is 1. The molecule has 0 saturated carbocycles. The molecule has 0 aliphatic carbocycles. The lowest BCUT2D eigenvalue weighted by Crippen LogP contribution is -1.89. The highest BCUT2D eigenvalue weighted by Crippen LogP contribution is 2.32. The van der Waals surface area contributed by atoms with E-state index in [-0.39, 0.29) is 6.61 Å². The van der Waals surface area contributed by atoms with Gasteiger partial charge in [0.2, 0.25) is 0 Å². The summed E-state index contributed by atoms with van der Waals surface area (Å²) < 4.78 is 5.47. The second-order valence-corrected chi connectivity index (χ2v) is 4.73. The highest BCUT2D eigenvalue weighted by Gasteiger charge is 2.18. The molecule has 0 unspecified atom stereocenters. The normalized spacial score (nSPS) is 10.7. The lowest BCUT2D eigenvalue weighted by atomic mass is 10.0. The third kappa shape index (κ3) is 2.24. The first-order chi connectivity index (χ1) is 9.79. The molecule has 0 spiro atoms. The van der Waals surface area contributed by atoms with Crippen molar-refractivity contribution in [2.24, 2.45) is 0 Å². The summed E-state index contributed by atoms with van der Waals surface area (Å²) >= 11 is 0. The summed E-state index contributed by atoms with van der Waals surface area (Å²) in [7, 11) is 0. The van der Waals surface area contributed by atoms with Gasteiger partial charge in [-0.3, -0.25) is 0 Å². The van der Waals surface area contributed by atoms with Crippen LogP contribution in [0.15, 0.2) is 59.1 Å². The zero-order valence-corrected chi connectivity index (χ0v) is 11.2. The van der Waals surface area contributed by atoms with E-state index in [0.717, 1.165) is 22.3 Å². The van der Waals surface area contributed by atoms with Gasteiger partial charge in [-0.15, -0.1) is 0 Å². The molecule has 0 saturated heterocycles. The molecule has 0 fully saturated rings. The van der Waals surface area contributed by atoms with Crippen molar-refractivity contribution in [2.45, 2.75) is 13.5 Å². The van der Waals surface area contributed by atoms with Gasteiger partial charge in [0.1, 0.15) is 5.69 Å². The fourth-order valence-corrected chi connectivity index (χ4v) is 2.29. The van der Waals surface area contributed by atoms with E-state index in [9.17, 15) is 5.11 Å². The molecule has 0 atom stereocenters. The van der Waals surface area contributed by atoms with E-state index in [1.807, 2.05) is 61.5 Å². The van der Waals surface area contributed by atoms with E-state index in [2.05, 4.69) is 5.16 Å². The summed E-state index contributed by atoms with van der Waals surface area (Å²) in [5.41, 5.74) is 4.44. The molecule has 3 aromatic rings. The number of rotatable bonds is 3. The monoisotopic (exact) mass is 265 g/mol. The minimum absolute atomic E-state index is 0.100. The van der Waals surface area contributed by atoms with Crippen LogP contribution in [0.25, 0.3) is 22.6 Å². The van der Waals surface area contributed by atoms with Gasteiger partial charge >= 0.3 is 0 Å². The van der Waals surface area contributed by atoms with Crippen molar-refractivity contribution in [3.63, 3.8) is 0 Å². The standard InChI is InChI=1S/C17H15NO2/c1-12-6-5-9-14(10-12)17-15(11-19)16(18-20-17)13-7-3-2-4-8-13/h2-10,19H,11H2,1H3. The van der Waals surface area contributed by atoms with Gasteiger partial charge in [-0.2, -0.15) is 0 Å². The van der Waals surface area contributed by atoms with E-state index in [1.165, 1.54) is 0 Å². The molecule has 0 amide bonds. The topological polar surface area (TPSA) is 46.3 Å². The molecule has 0 aliphatic heterocycles. The fourth-order valence-electron chi connectivity index (χ4n) is 2.29. The van der Waals surface area contributed by atoms with Crippen LogP contribution >= 0.6 is 0 Å². The number of aliphatic hydroxyl groups is 1. The molecule has 100 valence electrons. The van der Waals surface area contributed by atoms with Crippen LogP contribution in [0.4, 0.5) is 0 Å². The van der Waals surface area contributed by atoms with E-state index in [4.69, 9.17) is 4.52 Å². The Morgan fingerprint density at radius 3 is 2.45 bits per heavy atom. The Kier molecular flexibility index (Phi) is 3.35. The number of nitrogens with zero attached hydrogens (tertiary/aromatic N) is 1. The lowest BCUT2D eigenvalue weighted by molar-refractivity contribution is 0.281. The Morgan fingerprint density at radius 2 is 1.75 bits per heavy atom. The van der Waals surface area contributed by atoms with Crippen LogP contribution in [0.1, 0.15) is 11.1 Å². The third-order valence-electron chi connectivity index (χ3n) is 3.27. The number of benzene rings is 2. The van der Waals surface area contributed by atoms with Crippen molar-refractivity contribution in [1.29, 1.82) is 0 Å². The molecular formula is C17H15NO2. The lowest BCUT2D eigenvalue weighted by Gasteiger charge is -2.02. The van der Waals surface area contributed by atoms with Crippen LogP contribution in [0.2, 0.25) is 0 Å². The zero-order valence-electron chi connectivity index (χ0n) is 11.2. The van der Waals surface area contributed by atoms with Crippen molar-refractivity contribution in [1.82, 2.24) is 5.16 Å². The molecule has 1 N–H and O–H groups in total. The van der Waals surface area contributed by atoms with Gasteiger partial charge < -0.3 is 9.63 Å². The van der Waals surface area contributed by atoms with Gasteiger partial charge in [-0.1, -0.05) is 59.3 Å². The minimum atomic E-state index is -0.100. The summed E-state index contributed by atoms with van der Waals surface area (Å²) in [6, 6.07) is 17.7. The Balaban J connectivity index is 2.13. The molecule has 3 rings (SSSR count). The van der Waals surface area contributed by atoms with Crippen molar-refractivity contribution in [2.75, 3.05) is 0 Å². The molecule has 20 heavy (non-hydrogen) atoms. The van der Waals surface area contributed by atoms with Gasteiger partial charge in [-0.05, 0) is 13.0 Å². The molecule has 2 aromatic carbocycles. The molecule has 0 aliphatic rings. The van der Waals surface area contributed by atoms with Gasteiger partial charge in [0.25, 0.3) is 0 Å². The molecular weight excluding hydrogens is 250 g/mol. The highest BCUT2D eigenvalue weighted by molar-refractivity contribution is 5.72. The molecule has 1 heterocycles. The number of aryl methyl sites for hydroxylation is 1. The van der Waals surface area contributed by atoms with Crippen molar-refractivity contribution < 1.29 is 9.63 Å². The second-order valence-electron chi connectivity index (χ2n) is 4.73. The second kappa shape index (κ2) is 5.31. The summed E-state index contributed by atoms with van der Waals surface area (Å²) in [6.07, 6.45) is 0. The van der Waals surface area contributed by atoms with Crippen molar-refractivity contribution >= 4 is 0 Å². The zero-order chi connectivity index (χ0) is 13.9. The molecule has 3 nitrogen and oxygen atoms in total. The van der Waals surface area contributed by atoms with Crippen LogP contribution in [0.5, 0.6) is 0 Å². The van der Waals surface area contributed by atoms with Crippen molar-refractivity contribution in [3.05, 3.63) is 65.7 Å². The number of hydrogen-bond acceptors (Lipinski definition) is 3. The van der Waals surface area contributed by atoms with Crippen molar-refractivity contribution in [3.8, 4) is 22.6 Å². The summed E-state index contributed by atoms with van der Waals surface area (Å²) in [5, 5.41) is 13.8. The minimum Gasteiger partial charge on any atom is -0.391 e. The van der Waals surface area contributed by atoms with E-state index in [0.29, 0.717) is 11.5 Å². The highest BCUT2D eigenvalue weighted by atomic mass is 16.5. The number of aromatic nitrogens is 1. The summed E-state index contributed by atoms with van der Waals surface area (Å²) in [6.45, 7) is 1.92. The Morgan fingerprint density at radius 1 is 1.00 bits per heavy atom. The van der Waals surface area contributed by atoms with Crippen LogP contribution in [0.3, 0.4) is 0 Å². The first-order valence-corrected chi connectivity index (χ1v) is 6.51. The van der Waals surface area contributed by atoms with Crippen LogP contribution in [0, 0.1) is 6.92 Å². The average Bonchev–Trinajstić information content (AvgIpc) is 2.92. The van der Waals surface area contributed by atoms with Gasteiger partial charge in [0.15, 0.2) is 5.76 Å². The van der Waals surface area contributed by atoms with Gasteiger partial charge in [-0.25, -0.2) is 0 Å². The molecule has 0 radical (unpaired) electrons. The predicted molar refractivity (Wildman–Crippen MR) is 78.0 cm³/mol. The maximum Gasteiger partial charge on any atom is 0.173 e. The maximum atomic E-state index is 9.68. The Hall–Kier alpha value is -2.39. The largest absolute Gasteiger partial charge is 0.391 e. The third-order valence-corrected chi connectivity index (χ3v) is 3.27. The molecule has 3 heteroatoms. The van der Waals surface area contributed by atoms with E-state index >= 15 is 0 Å². The van der Waals surface area contributed by atoms with Crippen LogP contribution in [-0.2, 0) is 6.61 Å². The van der Waals surface area contributed by atoms with E-state index < -0.39 is 0 Å². The SMILES string of the molecule is Cc1cccc(-c2onc(-c3ccccc3)c2CO)c1. The average molecular weight is 265 g/mol. The maximum absolute atomic E-state index is 9.68. The van der Waals surface area contributed by atoms with Gasteiger partial charge in [0, 0.05) is 11.1 Å². The number of hydrogen-bond donors (Lipinski definition) is 1. The first-order valence-electron chi connectivity index (χ1n) is 6.51. The first kappa shape index (κ1) is 12.6. The fraction of sp³-hybridized carbons (Fsp3) is 0.118. The predicted octanol–water partition coefficient (Wildman–Crippen LogP) is 3.81.